The van der Waals surface area contributed by atoms with Crippen LogP contribution >= 0.6 is 11.8 Å². The number of aromatic amines is 1. The number of methoxy groups -OCH3 is 1. The summed E-state index contributed by atoms with van der Waals surface area (Å²) in [6, 6.07) is 5.31. The molecule has 0 radical (unpaired) electrons. The van der Waals surface area contributed by atoms with Gasteiger partial charge in [-0.05, 0) is 32.0 Å². The van der Waals surface area contributed by atoms with Crippen molar-refractivity contribution in [2.75, 3.05) is 31.7 Å². The first-order chi connectivity index (χ1) is 14.0. The molecule has 0 unspecified atom stereocenters. The van der Waals surface area contributed by atoms with E-state index in [9.17, 15) is 9.59 Å². The summed E-state index contributed by atoms with van der Waals surface area (Å²) in [5, 5.41) is 8.19. The molecule has 0 spiro atoms. The zero-order chi connectivity index (χ0) is 20.8. The largest absolute Gasteiger partial charge is 0.493 e. The number of ether oxygens (including phenoxy) is 2. The Kier molecular flexibility index (Phi) is 7.13. The van der Waals surface area contributed by atoms with Crippen LogP contribution in [0.1, 0.15) is 26.0 Å². The number of carbonyl (C=O) groups excluding carboxylic acids is 1. The lowest BCUT2D eigenvalue weighted by Crippen LogP contribution is -2.38. The minimum absolute atomic E-state index is 0.0139. The normalized spacial score (nSPS) is 14.1. The number of rotatable bonds is 7. The number of amides is 1. The van der Waals surface area contributed by atoms with Gasteiger partial charge in [0, 0.05) is 43.0 Å². The van der Waals surface area contributed by atoms with E-state index in [0.717, 1.165) is 24.6 Å². The van der Waals surface area contributed by atoms with Crippen LogP contribution in [-0.2, 0) is 11.2 Å². The molecule has 0 saturated carbocycles. The quantitative estimate of drug-likeness (QED) is 0.736. The fourth-order valence-electron chi connectivity index (χ4n) is 3.02. The lowest BCUT2D eigenvalue weighted by Gasteiger charge is -2.26. The number of benzene rings is 1. The fraction of sp³-hybridized carbons (Fsp3) is 0.500. The summed E-state index contributed by atoms with van der Waals surface area (Å²) in [5.74, 6) is 3.49. The lowest BCUT2D eigenvalue weighted by molar-refractivity contribution is -0.130. The Bertz CT molecular complexity index is 910. The first-order valence-corrected chi connectivity index (χ1v) is 10.8. The van der Waals surface area contributed by atoms with Crippen LogP contribution in [0.5, 0.6) is 11.5 Å². The van der Waals surface area contributed by atoms with Crippen LogP contribution in [-0.4, -0.2) is 63.8 Å². The lowest BCUT2D eigenvalue weighted by atomic mass is 10.2. The van der Waals surface area contributed by atoms with Crippen molar-refractivity contribution in [3.05, 3.63) is 34.2 Å². The molecule has 1 aromatic carbocycles. The second-order valence-corrected chi connectivity index (χ2v) is 8.20. The van der Waals surface area contributed by atoms with Gasteiger partial charge in [-0.3, -0.25) is 9.59 Å². The van der Waals surface area contributed by atoms with Crippen molar-refractivity contribution in [1.29, 1.82) is 0 Å². The summed E-state index contributed by atoms with van der Waals surface area (Å²) >= 11 is 1.85. The number of H-pyrrole nitrogens is 1. The highest BCUT2D eigenvalue weighted by molar-refractivity contribution is 7.99. The van der Waals surface area contributed by atoms with E-state index in [0.29, 0.717) is 22.9 Å². The Morgan fingerprint density at radius 2 is 2.00 bits per heavy atom. The first-order valence-electron chi connectivity index (χ1n) is 9.64. The molecule has 0 atom stereocenters. The summed E-state index contributed by atoms with van der Waals surface area (Å²) in [7, 11) is 1.56. The summed E-state index contributed by atoms with van der Waals surface area (Å²) in [6.07, 6.45) is 0.548. The Morgan fingerprint density at radius 3 is 2.66 bits per heavy atom. The van der Waals surface area contributed by atoms with Crippen molar-refractivity contribution >= 4 is 17.7 Å². The van der Waals surface area contributed by atoms with Gasteiger partial charge in [-0.1, -0.05) is 0 Å². The summed E-state index contributed by atoms with van der Waals surface area (Å²) in [6.45, 7) is 5.40. The number of aromatic nitrogens is 3. The van der Waals surface area contributed by atoms with Crippen LogP contribution in [0, 0.1) is 0 Å². The van der Waals surface area contributed by atoms with E-state index >= 15 is 0 Å². The van der Waals surface area contributed by atoms with E-state index in [2.05, 4.69) is 15.2 Å². The minimum Gasteiger partial charge on any atom is -0.493 e. The van der Waals surface area contributed by atoms with Gasteiger partial charge in [0.15, 0.2) is 17.3 Å². The number of nitrogens with zero attached hydrogens (tertiary/aromatic N) is 3. The van der Waals surface area contributed by atoms with Crippen LogP contribution in [0.3, 0.4) is 0 Å². The fourth-order valence-corrected chi connectivity index (χ4v) is 3.92. The summed E-state index contributed by atoms with van der Waals surface area (Å²) < 4.78 is 11.1. The summed E-state index contributed by atoms with van der Waals surface area (Å²) in [4.78, 5) is 29.3. The first kappa shape index (κ1) is 21.2. The predicted molar refractivity (Wildman–Crippen MR) is 113 cm³/mol. The van der Waals surface area contributed by atoms with E-state index in [1.165, 1.54) is 0 Å². The second kappa shape index (κ2) is 9.78. The zero-order valence-corrected chi connectivity index (χ0v) is 17.8. The van der Waals surface area contributed by atoms with Gasteiger partial charge < -0.3 is 19.4 Å². The third-order valence-corrected chi connectivity index (χ3v) is 5.45. The smallest absolute Gasteiger partial charge is 0.273 e. The molecule has 2 heterocycles. The maximum Gasteiger partial charge on any atom is 0.273 e. The van der Waals surface area contributed by atoms with E-state index in [4.69, 9.17) is 9.47 Å². The van der Waals surface area contributed by atoms with Crippen LogP contribution in [0.25, 0.3) is 11.4 Å². The van der Waals surface area contributed by atoms with Crippen LogP contribution in [0.4, 0.5) is 0 Å². The average molecular weight is 419 g/mol. The molecule has 8 nitrogen and oxygen atoms in total. The van der Waals surface area contributed by atoms with E-state index in [1.807, 2.05) is 30.5 Å². The van der Waals surface area contributed by atoms with Gasteiger partial charge >= 0.3 is 0 Å². The molecule has 156 valence electrons. The van der Waals surface area contributed by atoms with Gasteiger partial charge in [0.1, 0.15) is 5.69 Å². The Labute approximate surface area is 174 Å². The van der Waals surface area contributed by atoms with Crippen LogP contribution in [0.15, 0.2) is 23.0 Å². The molecule has 1 saturated heterocycles. The van der Waals surface area contributed by atoms with E-state index in [-0.39, 0.29) is 36.1 Å². The zero-order valence-electron chi connectivity index (χ0n) is 16.9. The minimum atomic E-state index is -0.335. The van der Waals surface area contributed by atoms with Gasteiger partial charge in [0.05, 0.1) is 13.2 Å². The van der Waals surface area contributed by atoms with Gasteiger partial charge in [-0.15, -0.1) is 10.2 Å². The van der Waals surface area contributed by atoms with Crippen molar-refractivity contribution in [3.63, 3.8) is 0 Å². The molecule has 29 heavy (non-hydrogen) atoms. The maximum atomic E-state index is 12.4. The predicted octanol–water partition coefficient (Wildman–Crippen LogP) is 2.14. The molecule has 9 heteroatoms. The highest BCUT2D eigenvalue weighted by Gasteiger charge is 2.18. The number of thioether (sulfide) groups is 1. The number of nitrogens with one attached hydrogen (secondary N) is 1. The standard InChI is InChI=1S/C20H26N4O4S/c1-13(2)28-16-6-4-14(12-17(16)27-3)19-21-20(26)15(22-23-19)5-7-18(25)24-8-10-29-11-9-24/h4,6,12-13H,5,7-11H2,1-3H3,(H,21,23,26). The van der Waals surface area contributed by atoms with E-state index in [1.54, 1.807) is 25.3 Å². The molecular formula is C20H26N4O4S. The maximum absolute atomic E-state index is 12.4. The summed E-state index contributed by atoms with van der Waals surface area (Å²) in [5.41, 5.74) is 0.592. The number of hydrogen-bond acceptors (Lipinski definition) is 7. The third-order valence-electron chi connectivity index (χ3n) is 4.50. The number of hydrogen-bond donors (Lipinski definition) is 1. The monoisotopic (exact) mass is 418 g/mol. The highest BCUT2D eigenvalue weighted by atomic mass is 32.2. The van der Waals surface area contributed by atoms with Crippen molar-refractivity contribution in [3.8, 4) is 22.9 Å². The molecule has 1 aliphatic heterocycles. The second-order valence-electron chi connectivity index (χ2n) is 6.97. The number of carbonyl (C=O) groups is 1. The molecule has 3 rings (SSSR count). The van der Waals surface area contributed by atoms with Crippen molar-refractivity contribution in [2.24, 2.45) is 0 Å². The molecule has 1 aliphatic rings. The van der Waals surface area contributed by atoms with E-state index < -0.39 is 0 Å². The Morgan fingerprint density at radius 1 is 1.24 bits per heavy atom. The molecular weight excluding hydrogens is 392 g/mol. The third kappa shape index (κ3) is 5.50. The topological polar surface area (TPSA) is 97.4 Å². The van der Waals surface area contributed by atoms with Gasteiger partial charge in [-0.2, -0.15) is 11.8 Å². The van der Waals surface area contributed by atoms with Gasteiger partial charge in [0.2, 0.25) is 5.91 Å². The molecule has 1 amide bonds. The SMILES string of the molecule is COc1cc(-c2nnc(CCC(=O)N3CCSCC3)c(=O)[nH]2)ccc1OC(C)C. The molecule has 1 N–H and O–H groups in total. The molecule has 1 fully saturated rings. The number of aryl methyl sites for hydroxylation is 1. The van der Waals surface area contributed by atoms with Crippen molar-refractivity contribution < 1.29 is 14.3 Å². The van der Waals surface area contributed by atoms with Gasteiger partial charge in [0.25, 0.3) is 5.56 Å². The van der Waals surface area contributed by atoms with Crippen LogP contribution < -0.4 is 15.0 Å². The van der Waals surface area contributed by atoms with Gasteiger partial charge in [-0.25, -0.2) is 0 Å². The van der Waals surface area contributed by atoms with Crippen LogP contribution in [0.2, 0.25) is 0 Å². The average Bonchev–Trinajstić information content (AvgIpc) is 2.73. The molecule has 0 bridgehead atoms. The molecule has 1 aromatic heterocycles. The molecule has 0 aliphatic carbocycles. The highest BCUT2D eigenvalue weighted by Crippen LogP contribution is 2.31. The van der Waals surface area contributed by atoms with Crippen molar-refractivity contribution in [2.45, 2.75) is 32.8 Å². The Balaban J connectivity index is 1.70. The van der Waals surface area contributed by atoms with Crippen molar-refractivity contribution in [1.82, 2.24) is 20.1 Å². The Hall–Kier alpha value is -2.55. The molecule has 2 aromatic rings.